The molecule has 1 unspecified atom stereocenters. The number of carbonyl (C=O) groups is 3. The zero-order chi connectivity index (χ0) is 20.1. The van der Waals surface area contributed by atoms with E-state index < -0.39 is 11.9 Å². The van der Waals surface area contributed by atoms with Crippen LogP contribution in [0.4, 0.5) is 4.39 Å². The van der Waals surface area contributed by atoms with Crippen molar-refractivity contribution in [1.29, 1.82) is 0 Å². The van der Waals surface area contributed by atoms with Gasteiger partial charge >= 0.3 is 0 Å². The quantitative estimate of drug-likeness (QED) is 0.777. The first-order valence-electron chi connectivity index (χ1n) is 8.99. The normalized spacial score (nSPS) is 16.4. The van der Waals surface area contributed by atoms with Crippen LogP contribution in [0.1, 0.15) is 34.8 Å². The molecule has 0 aromatic heterocycles. The van der Waals surface area contributed by atoms with Crippen molar-refractivity contribution in [3.8, 4) is 5.75 Å². The summed E-state index contributed by atoms with van der Waals surface area (Å²) in [6.07, 6.45) is 0.0152. The molecule has 1 aliphatic rings. The first-order valence-corrected chi connectivity index (χ1v) is 8.99. The van der Waals surface area contributed by atoms with E-state index in [4.69, 9.17) is 4.74 Å². The minimum atomic E-state index is -0.825. The molecule has 1 heterocycles. The Morgan fingerprint density at radius 3 is 2.64 bits per heavy atom. The molecule has 1 N–H and O–H groups in total. The van der Waals surface area contributed by atoms with Crippen LogP contribution in [0, 0.1) is 5.82 Å². The Labute approximate surface area is 162 Å². The third kappa shape index (κ3) is 4.36. The maximum absolute atomic E-state index is 13.2. The highest BCUT2D eigenvalue weighted by Gasteiger charge is 2.34. The summed E-state index contributed by atoms with van der Waals surface area (Å²) in [7, 11) is 1.52. The van der Waals surface area contributed by atoms with E-state index in [-0.39, 0.29) is 30.4 Å². The van der Waals surface area contributed by atoms with Crippen molar-refractivity contribution >= 4 is 17.6 Å². The molecule has 0 saturated carbocycles. The maximum Gasteiger partial charge on any atom is 0.247 e. The summed E-state index contributed by atoms with van der Waals surface area (Å²) in [5.41, 5.74) is 1.00. The van der Waals surface area contributed by atoms with Gasteiger partial charge in [0.25, 0.3) is 0 Å². The standard InChI is InChI=1S/C21H21FN2O4/c1-28-17-4-2-3-15(13-17)18(25)9-10-19(26)24-12-11-23-21(27)20(24)14-5-7-16(22)8-6-14/h2-8,13,20H,9-12H2,1H3,(H,23,27). The number of ether oxygens (including phenoxy) is 1. The highest BCUT2D eigenvalue weighted by atomic mass is 19.1. The van der Waals surface area contributed by atoms with Gasteiger partial charge in [-0.3, -0.25) is 14.4 Å². The molecule has 0 spiro atoms. The Bertz CT molecular complexity index is 882. The maximum atomic E-state index is 13.2. The second-order valence-electron chi connectivity index (χ2n) is 6.49. The van der Waals surface area contributed by atoms with Crippen LogP contribution in [0.5, 0.6) is 5.75 Å². The molecule has 6 nitrogen and oxygen atoms in total. The number of carbonyl (C=O) groups excluding carboxylic acids is 3. The molecule has 0 bridgehead atoms. The number of benzene rings is 2. The van der Waals surface area contributed by atoms with Gasteiger partial charge in [0.15, 0.2) is 5.78 Å². The number of amides is 2. The Morgan fingerprint density at radius 1 is 1.18 bits per heavy atom. The fourth-order valence-corrected chi connectivity index (χ4v) is 3.22. The molecule has 2 aromatic rings. The van der Waals surface area contributed by atoms with Gasteiger partial charge in [-0.15, -0.1) is 0 Å². The van der Waals surface area contributed by atoms with Crippen molar-refractivity contribution in [2.45, 2.75) is 18.9 Å². The van der Waals surface area contributed by atoms with Crippen LogP contribution in [0.3, 0.4) is 0 Å². The van der Waals surface area contributed by atoms with Crippen LogP contribution in [0.25, 0.3) is 0 Å². The highest BCUT2D eigenvalue weighted by Crippen LogP contribution is 2.25. The van der Waals surface area contributed by atoms with E-state index in [1.54, 1.807) is 24.3 Å². The first-order chi connectivity index (χ1) is 13.5. The van der Waals surface area contributed by atoms with Crippen molar-refractivity contribution < 1.29 is 23.5 Å². The molecule has 1 saturated heterocycles. The number of ketones is 1. The van der Waals surface area contributed by atoms with Crippen molar-refractivity contribution in [3.05, 3.63) is 65.5 Å². The number of nitrogens with zero attached hydrogens (tertiary/aromatic N) is 1. The van der Waals surface area contributed by atoms with Gasteiger partial charge in [-0.2, -0.15) is 0 Å². The Morgan fingerprint density at radius 2 is 1.93 bits per heavy atom. The number of Topliss-reactive ketones (excluding diaryl/α,β-unsaturated/α-hetero) is 1. The molecule has 0 aliphatic carbocycles. The SMILES string of the molecule is COc1cccc(C(=O)CCC(=O)N2CCNC(=O)C2c2ccc(F)cc2)c1. The number of nitrogens with one attached hydrogen (secondary N) is 1. The van der Waals surface area contributed by atoms with Crippen molar-refractivity contribution in [2.24, 2.45) is 0 Å². The Hall–Kier alpha value is -3.22. The van der Waals surface area contributed by atoms with E-state index in [9.17, 15) is 18.8 Å². The third-order valence-electron chi connectivity index (χ3n) is 4.68. The first kappa shape index (κ1) is 19.5. The summed E-state index contributed by atoms with van der Waals surface area (Å²) in [5.74, 6) is -0.624. The molecule has 146 valence electrons. The third-order valence-corrected chi connectivity index (χ3v) is 4.68. The number of hydrogen-bond donors (Lipinski definition) is 1. The zero-order valence-electron chi connectivity index (χ0n) is 15.5. The van der Waals surface area contributed by atoms with E-state index in [1.807, 2.05) is 0 Å². The monoisotopic (exact) mass is 384 g/mol. The average molecular weight is 384 g/mol. The van der Waals surface area contributed by atoms with Gasteiger partial charge in [0, 0.05) is 31.5 Å². The van der Waals surface area contributed by atoms with Gasteiger partial charge in [-0.25, -0.2) is 4.39 Å². The van der Waals surface area contributed by atoms with Gasteiger partial charge < -0.3 is 15.0 Å². The molecule has 0 radical (unpaired) electrons. The molecule has 1 aliphatic heterocycles. The molecule has 1 fully saturated rings. The van der Waals surface area contributed by atoms with Crippen molar-refractivity contribution in [3.63, 3.8) is 0 Å². The molecule has 28 heavy (non-hydrogen) atoms. The van der Waals surface area contributed by atoms with Gasteiger partial charge in [-0.05, 0) is 29.8 Å². The van der Waals surface area contributed by atoms with E-state index >= 15 is 0 Å². The fraction of sp³-hybridized carbons (Fsp3) is 0.286. The topological polar surface area (TPSA) is 75.7 Å². The van der Waals surface area contributed by atoms with E-state index in [0.29, 0.717) is 30.0 Å². The summed E-state index contributed by atoms with van der Waals surface area (Å²) in [5, 5.41) is 2.73. The minimum Gasteiger partial charge on any atom is -0.497 e. The number of methoxy groups -OCH3 is 1. The molecule has 2 aromatic carbocycles. The Kier molecular flexibility index (Phi) is 6.03. The summed E-state index contributed by atoms with van der Waals surface area (Å²) in [6.45, 7) is 0.673. The molecule has 7 heteroatoms. The number of halogens is 1. The predicted octanol–water partition coefficient (Wildman–Crippen LogP) is 2.50. The van der Waals surface area contributed by atoms with E-state index in [0.717, 1.165) is 0 Å². The van der Waals surface area contributed by atoms with Gasteiger partial charge in [-0.1, -0.05) is 24.3 Å². The van der Waals surface area contributed by atoms with Crippen molar-refractivity contribution in [1.82, 2.24) is 10.2 Å². The van der Waals surface area contributed by atoms with Crippen molar-refractivity contribution in [2.75, 3.05) is 20.2 Å². The van der Waals surface area contributed by atoms with Crippen LogP contribution in [0.2, 0.25) is 0 Å². The molecule has 1 atom stereocenters. The lowest BCUT2D eigenvalue weighted by atomic mass is 10.0. The predicted molar refractivity (Wildman–Crippen MR) is 100 cm³/mol. The number of rotatable bonds is 6. The summed E-state index contributed by atoms with van der Waals surface area (Å²) in [6, 6.07) is 11.4. The zero-order valence-corrected chi connectivity index (χ0v) is 15.5. The van der Waals surface area contributed by atoms with Gasteiger partial charge in [0.1, 0.15) is 17.6 Å². The lowest BCUT2D eigenvalue weighted by molar-refractivity contribution is -0.143. The van der Waals surface area contributed by atoms with E-state index in [2.05, 4.69) is 5.32 Å². The lowest BCUT2D eigenvalue weighted by Gasteiger charge is -2.35. The highest BCUT2D eigenvalue weighted by molar-refractivity contribution is 5.99. The van der Waals surface area contributed by atoms with Crippen LogP contribution in [-0.2, 0) is 9.59 Å². The number of piperazine rings is 1. The molecule has 2 amide bonds. The fourth-order valence-electron chi connectivity index (χ4n) is 3.22. The lowest BCUT2D eigenvalue weighted by Crippen LogP contribution is -2.52. The van der Waals surface area contributed by atoms with Gasteiger partial charge in [0.05, 0.1) is 7.11 Å². The van der Waals surface area contributed by atoms with Crippen LogP contribution in [0.15, 0.2) is 48.5 Å². The van der Waals surface area contributed by atoms with Crippen LogP contribution >= 0.6 is 0 Å². The second kappa shape index (κ2) is 8.65. The molecule has 3 rings (SSSR count). The minimum absolute atomic E-state index is 0.0129. The number of hydrogen-bond acceptors (Lipinski definition) is 4. The summed E-state index contributed by atoms with van der Waals surface area (Å²) in [4.78, 5) is 38.9. The summed E-state index contributed by atoms with van der Waals surface area (Å²) >= 11 is 0. The van der Waals surface area contributed by atoms with Crippen LogP contribution < -0.4 is 10.1 Å². The smallest absolute Gasteiger partial charge is 0.247 e. The largest absolute Gasteiger partial charge is 0.497 e. The summed E-state index contributed by atoms with van der Waals surface area (Å²) < 4.78 is 18.3. The van der Waals surface area contributed by atoms with Crippen LogP contribution in [-0.4, -0.2) is 42.7 Å². The second-order valence-corrected chi connectivity index (χ2v) is 6.49. The van der Waals surface area contributed by atoms with Gasteiger partial charge in [0.2, 0.25) is 11.8 Å². The average Bonchev–Trinajstić information content (AvgIpc) is 2.72. The van der Waals surface area contributed by atoms with E-state index in [1.165, 1.54) is 36.3 Å². The Balaban J connectivity index is 1.69. The molecular formula is C21H21FN2O4. The molecular weight excluding hydrogens is 363 g/mol.